The van der Waals surface area contributed by atoms with E-state index in [1.54, 1.807) is 6.92 Å². The van der Waals surface area contributed by atoms with Crippen molar-refractivity contribution in [2.75, 3.05) is 13.7 Å². The average molecular weight is 419 g/mol. The van der Waals surface area contributed by atoms with Gasteiger partial charge in [-0.15, -0.1) is 0 Å². The van der Waals surface area contributed by atoms with Gasteiger partial charge in [0.2, 0.25) is 0 Å². The second-order valence-electron chi connectivity index (χ2n) is 9.26. The Kier molecular flexibility index (Phi) is 6.55. The van der Waals surface area contributed by atoms with Crippen LogP contribution in [0.15, 0.2) is 23.2 Å². The van der Waals surface area contributed by atoms with Crippen molar-refractivity contribution in [2.24, 2.45) is 16.1 Å². The highest BCUT2D eigenvalue weighted by Crippen LogP contribution is 2.46. The number of aliphatic imine (C=N–C) groups is 1. The van der Waals surface area contributed by atoms with E-state index < -0.39 is 11.7 Å². The van der Waals surface area contributed by atoms with Crippen molar-refractivity contribution >= 4 is 11.6 Å². The molecule has 0 spiro atoms. The van der Waals surface area contributed by atoms with E-state index in [-0.39, 0.29) is 30.0 Å². The van der Waals surface area contributed by atoms with Gasteiger partial charge in [-0.2, -0.15) is 0 Å². The molecule has 0 radical (unpaired) electrons. The lowest BCUT2D eigenvalue weighted by molar-refractivity contribution is -0.149. The molecule has 7 nitrogen and oxygen atoms in total. The Bertz CT molecular complexity index is 818. The molecule has 7 heteroatoms. The van der Waals surface area contributed by atoms with Crippen LogP contribution in [-0.2, 0) is 16.0 Å². The molecule has 1 saturated carbocycles. The third-order valence-electron chi connectivity index (χ3n) is 6.76. The van der Waals surface area contributed by atoms with Gasteiger partial charge in [0.15, 0.2) is 11.4 Å². The number of benzene rings is 1. The topological polar surface area (TPSA) is 114 Å². The van der Waals surface area contributed by atoms with E-state index in [1.807, 2.05) is 18.2 Å². The zero-order valence-electron chi connectivity index (χ0n) is 18.4. The molecule has 1 aromatic rings. The summed E-state index contributed by atoms with van der Waals surface area (Å²) < 4.78 is 11.6. The van der Waals surface area contributed by atoms with E-state index in [0.29, 0.717) is 18.7 Å². The smallest absolute Gasteiger partial charge is 0.165 e. The minimum atomic E-state index is -0.961. The molecule has 30 heavy (non-hydrogen) atoms. The molecule has 1 aliphatic carbocycles. The maximum absolute atomic E-state index is 12.0. The first-order chi connectivity index (χ1) is 14.1. The van der Waals surface area contributed by atoms with Crippen LogP contribution in [-0.4, -0.2) is 59.4 Å². The van der Waals surface area contributed by atoms with Gasteiger partial charge in [0.1, 0.15) is 17.7 Å². The predicted octanol–water partition coefficient (Wildman–Crippen LogP) is 1.99. The van der Waals surface area contributed by atoms with Crippen LogP contribution in [0.1, 0.15) is 57.6 Å². The lowest BCUT2D eigenvalue weighted by Gasteiger charge is -2.44. The number of fused-ring (bicyclic) bond motifs is 1. The number of Topliss-reactive ketones (excluding diaryl/α,β-unsaturated/α-hetero) is 1. The number of rotatable bonds is 8. The molecular weight excluding hydrogens is 384 g/mol. The van der Waals surface area contributed by atoms with Crippen LogP contribution in [0.5, 0.6) is 5.75 Å². The summed E-state index contributed by atoms with van der Waals surface area (Å²) in [7, 11) is 1.54. The van der Waals surface area contributed by atoms with Crippen LogP contribution in [0.2, 0.25) is 0 Å². The fraction of sp³-hybridized carbons (Fsp3) is 0.652. The molecule has 0 amide bonds. The minimum absolute atomic E-state index is 0.00000952. The Morgan fingerprint density at radius 2 is 2.17 bits per heavy atom. The number of carbonyl (C=O) groups excluding carboxylic acids is 1. The van der Waals surface area contributed by atoms with Gasteiger partial charge in [-0.1, -0.05) is 6.92 Å². The first-order valence-electron chi connectivity index (χ1n) is 10.6. The van der Waals surface area contributed by atoms with E-state index in [9.17, 15) is 9.90 Å². The Morgan fingerprint density at radius 3 is 2.77 bits per heavy atom. The van der Waals surface area contributed by atoms with E-state index in [0.717, 1.165) is 36.1 Å². The Morgan fingerprint density at radius 1 is 1.47 bits per heavy atom. The number of carbonyl (C=O) groups is 1. The number of methoxy groups -OCH3 is 1. The highest BCUT2D eigenvalue weighted by Gasteiger charge is 2.43. The van der Waals surface area contributed by atoms with Gasteiger partial charge in [-0.25, -0.2) is 0 Å². The van der Waals surface area contributed by atoms with Gasteiger partial charge in [-0.3, -0.25) is 9.79 Å². The van der Waals surface area contributed by atoms with Crippen molar-refractivity contribution < 1.29 is 24.5 Å². The number of hydrogen-bond acceptors (Lipinski definition) is 6. The normalized spacial score (nSPS) is 29.2. The summed E-state index contributed by atoms with van der Waals surface area (Å²) in [4.78, 5) is 16.7. The molecule has 0 aromatic heterocycles. The van der Waals surface area contributed by atoms with Crippen LogP contribution >= 0.6 is 0 Å². The fourth-order valence-corrected chi connectivity index (χ4v) is 4.68. The molecule has 1 aliphatic heterocycles. The maximum atomic E-state index is 12.0. The summed E-state index contributed by atoms with van der Waals surface area (Å²) in [5, 5.41) is 18.7. The van der Waals surface area contributed by atoms with Crippen LogP contribution < -0.4 is 10.5 Å². The Labute approximate surface area is 178 Å². The highest BCUT2D eigenvalue weighted by molar-refractivity contribution is 5.98. The lowest BCUT2D eigenvalue weighted by atomic mass is 9.64. The van der Waals surface area contributed by atoms with Gasteiger partial charge < -0.3 is 25.4 Å². The number of amidine groups is 1. The van der Waals surface area contributed by atoms with Crippen molar-refractivity contribution in [3.05, 3.63) is 29.3 Å². The molecule has 0 saturated heterocycles. The first-order valence-corrected chi connectivity index (χ1v) is 10.6. The van der Waals surface area contributed by atoms with Crippen LogP contribution in [0.4, 0.5) is 0 Å². The lowest BCUT2D eigenvalue weighted by Crippen LogP contribution is -2.51. The first kappa shape index (κ1) is 22.7. The van der Waals surface area contributed by atoms with Crippen molar-refractivity contribution in [1.29, 1.82) is 0 Å². The van der Waals surface area contributed by atoms with E-state index in [2.05, 4.69) is 11.9 Å². The molecule has 1 heterocycles. The van der Waals surface area contributed by atoms with E-state index in [4.69, 9.17) is 20.3 Å². The summed E-state index contributed by atoms with van der Waals surface area (Å²) in [6, 6.07) is 5.93. The number of nitrogens with zero attached hydrogens (tertiary/aromatic N) is 1. The molecule has 166 valence electrons. The van der Waals surface area contributed by atoms with Gasteiger partial charge in [0.05, 0.1) is 18.8 Å². The van der Waals surface area contributed by atoms with Crippen molar-refractivity contribution in [3.8, 4) is 5.75 Å². The molecule has 0 bridgehead atoms. The largest absolute Gasteiger partial charge is 0.487 e. The molecule has 4 N–H and O–H groups in total. The molecule has 3 atom stereocenters. The SMILES string of the molecule is CO[C@](C)(C(C)=O)[C@H]1CCc2cc(C(N)=NC3CC(C)(CC(O)CO)C3)ccc2O1. The van der Waals surface area contributed by atoms with Crippen LogP contribution in [0, 0.1) is 5.41 Å². The summed E-state index contributed by atoms with van der Waals surface area (Å²) in [5.41, 5.74) is 7.22. The summed E-state index contributed by atoms with van der Waals surface area (Å²) in [5.74, 6) is 1.20. The molecule has 2 aliphatic rings. The Balaban J connectivity index is 1.66. The quantitative estimate of drug-likeness (QED) is 0.439. The van der Waals surface area contributed by atoms with Gasteiger partial charge in [-0.05, 0) is 75.1 Å². The fourth-order valence-electron chi connectivity index (χ4n) is 4.68. The van der Waals surface area contributed by atoms with E-state index in [1.165, 1.54) is 14.0 Å². The average Bonchev–Trinajstić information content (AvgIpc) is 2.70. The molecule has 1 aromatic carbocycles. The predicted molar refractivity (Wildman–Crippen MR) is 115 cm³/mol. The molecule has 3 rings (SSSR count). The Hall–Kier alpha value is -1.96. The number of nitrogens with two attached hydrogens (primary N) is 1. The number of ether oxygens (including phenoxy) is 2. The molecule has 1 fully saturated rings. The highest BCUT2D eigenvalue weighted by atomic mass is 16.5. The standard InChI is InChI=1S/C23H34N2O5/c1-14(27)23(3,29-4)20-8-6-15-9-16(5-7-19(15)30-20)21(24)25-17-10-22(2,11-17)12-18(28)13-26/h5,7,9,17-18,20,26,28H,6,8,10-13H2,1-4H3,(H2,24,25)/t17?,18?,20-,22?,23-/m1/s1. The number of ketones is 1. The van der Waals surface area contributed by atoms with Crippen LogP contribution in [0.25, 0.3) is 0 Å². The maximum Gasteiger partial charge on any atom is 0.165 e. The number of aryl methyl sites for hydroxylation is 1. The second-order valence-corrected chi connectivity index (χ2v) is 9.26. The third kappa shape index (κ3) is 4.53. The second kappa shape index (κ2) is 8.65. The number of hydrogen-bond donors (Lipinski definition) is 3. The molecular formula is C23H34N2O5. The van der Waals surface area contributed by atoms with Crippen molar-refractivity contribution in [1.82, 2.24) is 0 Å². The van der Waals surface area contributed by atoms with Gasteiger partial charge in [0, 0.05) is 12.7 Å². The van der Waals surface area contributed by atoms with Crippen molar-refractivity contribution in [3.63, 3.8) is 0 Å². The van der Waals surface area contributed by atoms with Crippen LogP contribution in [0.3, 0.4) is 0 Å². The van der Waals surface area contributed by atoms with Gasteiger partial charge >= 0.3 is 0 Å². The minimum Gasteiger partial charge on any atom is -0.487 e. The zero-order valence-corrected chi connectivity index (χ0v) is 18.4. The summed E-state index contributed by atoms with van der Waals surface area (Å²) >= 11 is 0. The monoisotopic (exact) mass is 418 g/mol. The number of aliphatic hydroxyl groups is 2. The third-order valence-corrected chi connectivity index (χ3v) is 6.76. The number of aliphatic hydroxyl groups excluding tert-OH is 2. The van der Waals surface area contributed by atoms with E-state index >= 15 is 0 Å². The van der Waals surface area contributed by atoms with Crippen molar-refractivity contribution in [2.45, 2.75) is 76.7 Å². The summed E-state index contributed by atoms with van der Waals surface area (Å²) in [6.45, 7) is 5.20. The summed E-state index contributed by atoms with van der Waals surface area (Å²) in [6.07, 6.45) is 2.73. The molecule has 1 unspecified atom stereocenters. The van der Waals surface area contributed by atoms with Gasteiger partial charge in [0.25, 0.3) is 0 Å². The zero-order chi connectivity index (χ0) is 22.1.